The first-order chi connectivity index (χ1) is 9.80. The SMILES string of the molecule is CC1CS(=O)(=O)CCN1CCC(N)c1cccc(Cl)c1Cl. The molecule has 2 N–H and O–H groups in total. The van der Waals surface area contributed by atoms with Crippen molar-refractivity contribution in [2.75, 3.05) is 24.6 Å². The lowest BCUT2D eigenvalue weighted by atomic mass is 10.0. The maximum absolute atomic E-state index is 11.6. The third-order valence-electron chi connectivity index (χ3n) is 3.92. The van der Waals surface area contributed by atoms with E-state index in [9.17, 15) is 8.42 Å². The maximum atomic E-state index is 11.6. The van der Waals surface area contributed by atoms with Crippen LogP contribution in [0.4, 0.5) is 0 Å². The minimum Gasteiger partial charge on any atom is -0.324 e. The van der Waals surface area contributed by atoms with Crippen LogP contribution < -0.4 is 5.73 Å². The van der Waals surface area contributed by atoms with E-state index in [0.717, 1.165) is 12.1 Å². The number of halogens is 2. The van der Waals surface area contributed by atoms with Gasteiger partial charge in [-0.05, 0) is 25.0 Å². The molecule has 0 radical (unpaired) electrons. The Kier molecular flexibility index (Phi) is 5.54. The Morgan fingerprint density at radius 1 is 1.43 bits per heavy atom. The fourth-order valence-corrected chi connectivity index (χ4v) is 4.71. The molecule has 118 valence electrons. The molecule has 0 aromatic heterocycles. The van der Waals surface area contributed by atoms with E-state index < -0.39 is 9.84 Å². The van der Waals surface area contributed by atoms with Crippen LogP contribution in [0.2, 0.25) is 10.0 Å². The Bertz CT molecular complexity index is 607. The zero-order valence-electron chi connectivity index (χ0n) is 11.9. The Hall–Kier alpha value is -0.330. The number of benzene rings is 1. The summed E-state index contributed by atoms with van der Waals surface area (Å²) >= 11 is 12.2. The van der Waals surface area contributed by atoms with E-state index in [0.29, 0.717) is 23.0 Å². The van der Waals surface area contributed by atoms with Gasteiger partial charge >= 0.3 is 0 Å². The molecular formula is C14H20Cl2N2O2S. The highest BCUT2D eigenvalue weighted by Crippen LogP contribution is 2.30. The molecule has 1 fully saturated rings. The predicted octanol–water partition coefficient (Wildman–Crippen LogP) is 2.50. The lowest BCUT2D eigenvalue weighted by Gasteiger charge is -2.33. The van der Waals surface area contributed by atoms with Gasteiger partial charge in [0.15, 0.2) is 9.84 Å². The first kappa shape index (κ1) is 17.0. The molecule has 2 rings (SSSR count). The molecular weight excluding hydrogens is 331 g/mol. The van der Waals surface area contributed by atoms with Crippen LogP contribution in [0.25, 0.3) is 0 Å². The van der Waals surface area contributed by atoms with Gasteiger partial charge in [0.05, 0.1) is 21.6 Å². The molecule has 0 amide bonds. The van der Waals surface area contributed by atoms with Gasteiger partial charge in [-0.1, -0.05) is 35.3 Å². The molecule has 2 unspecified atom stereocenters. The average molecular weight is 351 g/mol. The van der Waals surface area contributed by atoms with Crippen molar-refractivity contribution in [3.8, 4) is 0 Å². The topological polar surface area (TPSA) is 63.4 Å². The number of nitrogens with zero attached hydrogens (tertiary/aromatic N) is 1. The number of nitrogens with two attached hydrogens (primary N) is 1. The second-order valence-electron chi connectivity index (χ2n) is 5.54. The third kappa shape index (κ3) is 4.33. The molecule has 0 spiro atoms. The van der Waals surface area contributed by atoms with Crippen LogP contribution in [0.15, 0.2) is 18.2 Å². The summed E-state index contributed by atoms with van der Waals surface area (Å²) in [5.41, 5.74) is 7.03. The monoisotopic (exact) mass is 350 g/mol. The van der Waals surface area contributed by atoms with E-state index in [-0.39, 0.29) is 23.6 Å². The number of hydrogen-bond donors (Lipinski definition) is 1. The molecule has 0 aliphatic carbocycles. The standard InChI is InChI=1S/C14H20Cl2N2O2S/c1-10-9-21(19,20)8-7-18(10)6-5-13(17)11-3-2-4-12(15)14(11)16/h2-4,10,13H,5-9,17H2,1H3. The summed E-state index contributed by atoms with van der Waals surface area (Å²) in [4.78, 5) is 2.17. The molecule has 0 bridgehead atoms. The Morgan fingerprint density at radius 3 is 2.81 bits per heavy atom. The minimum absolute atomic E-state index is 0.0331. The van der Waals surface area contributed by atoms with Gasteiger partial charge in [0.25, 0.3) is 0 Å². The quantitative estimate of drug-likeness (QED) is 0.905. The van der Waals surface area contributed by atoms with E-state index in [1.54, 1.807) is 6.07 Å². The minimum atomic E-state index is -2.88. The zero-order valence-corrected chi connectivity index (χ0v) is 14.3. The van der Waals surface area contributed by atoms with Crippen LogP contribution in [0.1, 0.15) is 24.9 Å². The Morgan fingerprint density at radius 2 is 2.14 bits per heavy atom. The molecule has 1 aliphatic heterocycles. The molecule has 2 atom stereocenters. The highest BCUT2D eigenvalue weighted by Gasteiger charge is 2.28. The molecule has 1 aliphatic rings. The van der Waals surface area contributed by atoms with Gasteiger partial charge in [0.2, 0.25) is 0 Å². The Labute approximate surface area is 136 Å². The molecule has 1 aromatic carbocycles. The van der Waals surface area contributed by atoms with Gasteiger partial charge in [-0.2, -0.15) is 0 Å². The number of hydrogen-bond acceptors (Lipinski definition) is 4. The van der Waals surface area contributed by atoms with Gasteiger partial charge < -0.3 is 5.73 Å². The van der Waals surface area contributed by atoms with E-state index in [1.165, 1.54) is 0 Å². The van der Waals surface area contributed by atoms with Crippen molar-refractivity contribution < 1.29 is 8.42 Å². The van der Waals surface area contributed by atoms with Crippen LogP contribution in [0.5, 0.6) is 0 Å². The van der Waals surface area contributed by atoms with Crippen molar-refractivity contribution >= 4 is 33.0 Å². The normalized spacial score (nSPS) is 23.9. The summed E-state index contributed by atoms with van der Waals surface area (Å²) < 4.78 is 23.1. The summed E-state index contributed by atoms with van der Waals surface area (Å²) in [6.07, 6.45) is 0.713. The first-order valence-corrected chi connectivity index (χ1v) is 9.52. The molecule has 7 heteroatoms. The largest absolute Gasteiger partial charge is 0.324 e. The summed E-state index contributed by atoms with van der Waals surface area (Å²) in [6, 6.07) is 5.27. The lowest BCUT2D eigenvalue weighted by Crippen LogP contribution is -2.47. The molecule has 1 aromatic rings. The summed E-state index contributed by atoms with van der Waals surface area (Å²) in [5.74, 6) is 0.449. The highest BCUT2D eigenvalue weighted by atomic mass is 35.5. The smallest absolute Gasteiger partial charge is 0.153 e. The van der Waals surface area contributed by atoms with Gasteiger partial charge in [-0.15, -0.1) is 0 Å². The van der Waals surface area contributed by atoms with E-state index in [2.05, 4.69) is 4.90 Å². The van der Waals surface area contributed by atoms with Crippen molar-refractivity contribution in [3.05, 3.63) is 33.8 Å². The first-order valence-electron chi connectivity index (χ1n) is 6.94. The van der Waals surface area contributed by atoms with Crippen LogP contribution in [0.3, 0.4) is 0 Å². The van der Waals surface area contributed by atoms with Crippen LogP contribution in [0, 0.1) is 0 Å². The molecule has 4 nitrogen and oxygen atoms in total. The van der Waals surface area contributed by atoms with E-state index >= 15 is 0 Å². The molecule has 21 heavy (non-hydrogen) atoms. The predicted molar refractivity (Wildman–Crippen MR) is 87.7 cm³/mol. The van der Waals surface area contributed by atoms with Crippen LogP contribution in [-0.4, -0.2) is 44.0 Å². The van der Waals surface area contributed by atoms with E-state index in [4.69, 9.17) is 28.9 Å². The molecule has 1 saturated heterocycles. The fourth-order valence-electron chi connectivity index (χ4n) is 2.63. The van der Waals surface area contributed by atoms with Crippen LogP contribution in [-0.2, 0) is 9.84 Å². The average Bonchev–Trinajstić information content (AvgIpc) is 2.40. The second-order valence-corrected chi connectivity index (χ2v) is 8.55. The van der Waals surface area contributed by atoms with Crippen LogP contribution >= 0.6 is 23.2 Å². The van der Waals surface area contributed by atoms with Gasteiger partial charge in [0, 0.05) is 25.2 Å². The maximum Gasteiger partial charge on any atom is 0.153 e. The van der Waals surface area contributed by atoms with Gasteiger partial charge in [-0.25, -0.2) is 8.42 Å². The molecule has 0 saturated carbocycles. The number of sulfone groups is 1. The summed E-state index contributed by atoms with van der Waals surface area (Å²) in [7, 11) is -2.88. The van der Waals surface area contributed by atoms with Crippen molar-refractivity contribution in [1.82, 2.24) is 4.90 Å². The zero-order chi connectivity index (χ0) is 15.6. The second kappa shape index (κ2) is 6.84. The van der Waals surface area contributed by atoms with Crippen molar-refractivity contribution in [2.24, 2.45) is 5.73 Å². The summed E-state index contributed by atoms with van der Waals surface area (Å²) in [5, 5.41) is 1.00. The van der Waals surface area contributed by atoms with Crippen molar-refractivity contribution in [1.29, 1.82) is 0 Å². The highest BCUT2D eigenvalue weighted by molar-refractivity contribution is 7.91. The number of rotatable bonds is 4. The van der Waals surface area contributed by atoms with Crippen molar-refractivity contribution in [2.45, 2.75) is 25.4 Å². The lowest BCUT2D eigenvalue weighted by molar-refractivity contribution is 0.219. The molecule has 1 heterocycles. The van der Waals surface area contributed by atoms with Gasteiger partial charge in [0.1, 0.15) is 0 Å². The van der Waals surface area contributed by atoms with E-state index in [1.807, 2.05) is 19.1 Å². The van der Waals surface area contributed by atoms with Gasteiger partial charge in [-0.3, -0.25) is 4.90 Å². The fraction of sp³-hybridized carbons (Fsp3) is 0.571. The Balaban J connectivity index is 1.95. The van der Waals surface area contributed by atoms with Crippen molar-refractivity contribution in [3.63, 3.8) is 0 Å². The summed E-state index contributed by atoms with van der Waals surface area (Å²) in [6.45, 7) is 3.26. The third-order valence-corrected chi connectivity index (χ3v) is 6.54.